The first-order valence-corrected chi connectivity index (χ1v) is 6.55. The van der Waals surface area contributed by atoms with E-state index in [1.807, 2.05) is 18.3 Å². The van der Waals surface area contributed by atoms with Gasteiger partial charge in [0, 0.05) is 23.5 Å². The van der Waals surface area contributed by atoms with Crippen LogP contribution >= 0.6 is 11.3 Å². The lowest BCUT2D eigenvalue weighted by atomic mass is 10.4. The molecule has 0 spiro atoms. The van der Waals surface area contributed by atoms with E-state index in [4.69, 9.17) is 9.47 Å². The van der Waals surface area contributed by atoms with Gasteiger partial charge < -0.3 is 14.8 Å². The molecule has 0 atom stereocenters. The maximum Gasteiger partial charge on any atom is 0.211 e. The summed E-state index contributed by atoms with van der Waals surface area (Å²) in [6.45, 7) is 2.02. The third-order valence-electron chi connectivity index (χ3n) is 2.52. The molecule has 2 aromatic rings. The highest BCUT2D eigenvalue weighted by molar-refractivity contribution is 7.11. The van der Waals surface area contributed by atoms with Crippen LogP contribution in [-0.2, 0) is 16.0 Å². The first-order chi connectivity index (χ1) is 8.92. The highest BCUT2D eigenvalue weighted by Crippen LogP contribution is 2.27. The fourth-order valence-corrected chi connectivity index (χ4v) is 2.53. The molecule has 3 heterocycles. The first-order valence-electron chi connectivity index (χ1n) is 5.73. The summed E-state index contributed by atoms with van der Waals surface area (Å²) in [6.07, 6.45) is 5.13. The van der Waals surface area contributed by atoms with Gasteiger partial charge in [-0.05, 0) is 12.1 Å². The normalized spacial score (nSPS) is 16.0. The number of hydrogen-bond donors (Lipinski definition) is 1. The van der Waals surface area contributed by atoms with Crippen LogP contribution in [0.4, 0.5) is 5.69 Å². The predicted octanol–water partition coefficient (Wildman–Crippen LogP) is 2.20. The number of pyridine rings is 1. The summed E-state index contributed by atoms with van der Waals surface area (Å²) in [7, 11) is 0. The largest absolute Gasteiger partial charge is 0.379 e. The van der Waals surface area contributed by atoms with E-state index in [1.165, 1.54) is 0 Å². The Morgan fingerprint density at radius 3 is 3.00 bits per heavy atom. The monoisotopic (exact) mass is 263 g/mol. The zero-order valence-electron chi connectivity index (χ0n) is 9.70. The van der Waals surface area contributed by atoms with Crippen molar-refractivity contribution in [3.8, 4) is 0 Å². The SMILES string of the molecule is c1cncc(NCc2cnc(C3OCCO3)s2)c1. The summed E-state index contributed by atoms with van der Waals surface area (Å²) in [5.41, 5.74) is 1.00. The van der Waals surface area contributed by atoms with Gasteiger partial charge in [0.15, 0.2) is 0 Å². The Labute approximate surface area is 109 Å². The maximum atomic E-state index is 5.41. The van der Waals surface area contributed by atoms with Gasteiger partial charge in [0.2, 0.25) is 6.29 Å². The van der Waals surface area contributed by atoms with Crippen molar-refractivity contribution in [2.24, 2.45) is 0 Å². The van der Waals surface area contributed by atoms with Crippen LogP contribution in [0.1, 0.15) is 16.2 Å². The molecule has 3 rings (SSSR count). The van der Waals surface area contributed by atoms with Gasteiger partial charge in [-0.3, -0.25) is 4.98 Å². The van der Waals surface area contributed by atoms with Crippen molar-refractivity contribution in [3.63, 3.8) is 0 Å². The molecular formula is C12H13N3O2S. The van der Waals surface area contributed by atoms with Crippen molar-refractivity contribution in [2.45, 2.75) is 12.8 Å². The number of thiazole rings is 1. The van der Waals surface area contributed by atoms with Gasteiger partial charge in [-0.25, -0.2) is 4.98 Å². The van der Waals surface area contributed by atoms with E-state index >= 15 is 0 Å². The minimum absolute atomic E-state index is 0.276. The molecule has 1 saturated heterocycles. The average Bonchev–Trinajstić information content (AvgIpc) is 3.08. The van der Waals surface area contributed by atoms with Gasteiger partial charge in [0.05, 0.1) is 25.4 Å². The van der Waals surface area contributed by atoms with Crippen LogP contribution in [0.25, 0.3) is 0 Å². The molecule has 0 radical (unpaired) electrons. The van der Waals surface area contributed by atoms with E-state index in [0.717, 1.165) is 22.1 Å². The smallest absolute Gasteiger partial charge is 0.211 e. The summed E-state index contributed by atoms with van der Waals surface area (Å²) < 4.78 is 10.8. The molecule has 6 heteroatoms. The number of ether oxygens (including phenoxy) is 2. The number of aromatic nitrogens is 2. The Balaban J connectivity index is 1.60. The van der Waals surface area contributed by atoms with E-state index in [9.17, 15) is 0 Å². The third kappa shape index (κ3) is 2.66. The van der Waals surface area contributed by atoms with Gasteiger partial charge in [-0.15, -0.1) is 11.3 Å². The number of nitrogens with zero attached hydrogens (tertiary/aromatic N) is 2. The van der Waals surface area contributed by atoms with Gasteiger partial charge in [0.1, 0.15) is 5.01 Å². The molecule has 0 amide bonds. The Hall–Kier alpha value is -1.50. The molecule has 0 saturated carbocycles. The Morgan fingerprint density at radius 2 is 2.22 bits per heavy atom. The van der Waals surface area contributed by atoms with Crippen molar-refractivity contribution in [3.05, 3.63) is 40.6 Å². The third-order valence-corrected chi connectivity index (χ3v) is 3.54. The topological polar surface area (TPSA) is 56.3 Å². The van der Waals surface area contributed by atoms with Crippen LogP contribution in [0.2, 0.25) is 0 Å². The van der Waals surface area contributed by atoms with Crippen LogP contribution < -0.4 is 5.32 Å². The summed E-state index contributed by atoms with van der Waals surface area (Å²) >= 11 is 1.61. The second-order valence-electron chi connectivity index (χ2n) is 3.83. The lowest BCUT2D eigenvalue weighted by Crippen LogP contribution is -1.97. The molecule has 1 aliphatic heterocycles. The Kier molecular flexibility index (Phi) is 3.49. The van der Waals surface area contributed by atoms with E-state index in [-0.39, 0.29) is 6.29 Å². The molecule has 5 nitrogen and oxygen atoms in total. The first kappa shape index (κ1) is 11.6. The molecule has 1 N–H and O–H groups in total. The van der Waals surface area contributed by atoms with Crippen LogP contribution in [0, 0.1) is 0 Å². The standard InChI is InChI=1S/C12H13N3O2S/c1-2-9(6-13-3-1)14-7-10-8-15-11(18-10)12-16-4-5-17-12/h1-3,6,8,12,14H,4-5,7H2. The van der Waals surface area contributed by atoms with Crippen LogP contribution in [0.15, 0.2) is 30.7 Å². The van der Waals surface area contributed by atoms with Crippen LogP contribution in [0.5, 0.6) is 0 Å². The van der Waals surface area contributed by atoms with Crippen LogP contribution in [-0.4, -0.2) is 23.2 Å². The number of nitrogens with one attached hydrogen (secondary N) is 1. The van der Waals surface area contributed by atoms with Gasteiger partial charge >= 0.3 is 0 Å². The number of hydrogen-bond acceptors (Lipinski definition) is 6. The van der Waals surface area contributed by atoms with E-state index in [2.05, 4.69) is 15.3 Å². The fraction of sp³-hybridized carbons (Fsp3) is 0.333. The molecule has 0 unspecified atom stereocenters. The number of rotatable bonds is 4. The number of anilines is 1. The van der Waals surface area contributed by atoms with Gasteiger partial charge in [-0.1, -0.05) is 0 Å². The minimum Gasteiger partial charge on any atom is -0.379 e. The van der Waals surface area contributed by atoms with Crippen molar-refractivity contribution >= 4 is 17.0 Å². The molecule has 0 aromatic carbocycles. The second-order valence-corrected chi connectivity index (χ2v) is 4.98. The van der Waals surface area contributed by atoms with E-state index in [1.54, 1.807) is 23.7 Å². The molecule has 0 aliphatic carbocycles. The Bertz CT molecular complexity index is 497. The Morgan fingerprint density at radius 1 is 1.33 bits per heavy atom. The lowest BCUT2D eigenvalue weighted by molar-refractivity contribution is -0.0442. The summed E-state index contributed by atoms with van der Waals surface area (Å²) in [4.78, 5) is 9.52. The summed E-state index contributed by atoms with van der Waals surface area (Å²) in [5, 5.41) is 4.18. The average molecular weight is 263 g/mol. The lowest BCUT2D eigenvalue weighted by Gasteiger charge is -2.04. The van der Waals surface area contributed by atoms with E-state index in [0.29, 0.717) is 13.2 Å². The predicted molar refractivity (Wildman–Crippen MR) is 68.3 cm³/mol. The molecule has 1 aliphatic rings. The zero-order chi connectivity index (χ0) is 12.2. The second kappa shape index (κ2) is 5.43. The summed E-state index contributed by atoms with van der Waals surface area (Å²) in [6, 6.07) is 3.89. The van der Waals surface area contributed by atoms with E-state index < -0.39 is 0 Å². The molecule has 94 valence electrons. The van der Waals surface area contributed by atoms with Crippen LogP contribution in [0.3, 0.4) is 0 Å². The van der Waals surface area contributed by atoms with Crippen molar-refractivity contribution < 1.29 is 9.47 Å². The fourth-order valence-electron chi connectivity index (χ4n) is 1.67. The molecule has 18 heavy (non-hydrogen) atoms. The van der Waals surface area contributed by atoms with Gasteiger partial charge in [0.25, 0.3) is 0 Å². The highest BCUT2D eigenvalue weighted by Gasteiger charge is 2.21. The highest BCUT2D eigenvalue weighted by atomic mass is 32.1. The molecule has 1 fully saturated rings. The van der Waals surface area contributed by atoms with Crippen molar-refractivity contribution in [1.82, 2.24) is 9.97 Å². The maximum absolute atomic E-state index is 5.41. The van der Waals surface area contributed by atoms with Crippen molar-refractivity contribution in [2.75, 3.05) is 18.5 Å². The van der Waals surface area contributed by atoms with Crippen molar-refractivity contribution in [1.29, 1.82) is 0 Å². The molecular weight excluding hydrogens is 250 g/mol. The minimum atomic E-state index is -0.276. The molecule has 0 bridgehead atoms. The zero-order valence-corrected chi connectivity index (χ0v) is 10.5. The molecule has 2 aromatic heterocycles. The summed E-state index contributed by atoms with van der Waals surface area (Å²) in [5.74, 6) is 0. The van der Waals surface area contributed by atoms with Gasteiger partial charge in [-0.2, -0.15) is 0 Å². The quantitative estimate of drug-likeness (QED) is 0.916.